The number of hydrogen-bond donors (Lipinski definition) is 0. The second-order valence-corrected chi connectivity index (χ2v) is 5.53. The minimum Gasteiger partial charge on any atom is -0.455 e. The summed E-state index contributed by atoms with van der Waals surface area (Å²) in [6.07, 6.45) is 3.46. The van der Waals surface area contributed by atoms with Crippen LogP contribution >= 0.6 is 15.9 Å². The Hall–Kier alpha value is -2.54. The molecule has 0 aliphatic rings. The van der Waals surface area contributed by atoms with Gasteiger partial charge in [0.2, 0.25) is 5.82 Å². The molecule has 0 atom stereocenters. The van der Waals surface area contributed by atoms with Gasteiger partial charge in [-0.05, 0) is 23.8 Å². The predicted molar refractivity (Wildman–Crippen MR) is 85.2 cm³/mol. The van der Waals surface area contributed by atoms with Gasteiger partial charge in [-0.1, -0.05) is 39.3 Å². The molecule has 3 rings (SSSR count). The van der Waals surface area contributed by atoms with E-state index in [1.54, 1.807) is 24.5 Å². The van der Waals surface area contributed by atoms with Crippen molar-refractivity contribution in [2.24, 2.45) is 0 Å². The lowest BCUT2D eigenvalue weighted by molar-refractivity contribution is -0.144. The molecule has 0 fully saturated rings. The van der Waals surface area contributed by atoms with Crippen LogP contribution in [0, 0.1) is 0 Å². The van der Waals surface area contributed by atoms with Crippen LogP contribution in [-0.2, 0) is 22.6 Å². The molecule has 0 aliphatic carbocycles. The fourth-order valence-corrected chi connectivity index (χ4v) is 2.35. The number of carbonyl (C=O) groups is 1. The molecule has 0 radical (unpaired) electrons. The van der Waals surface area contributed by atoms with Gasteiger partial charge in [-0.3, -0.25) is 9.78 Å². The number of halogens is 1. The molecule has 0 bridgehead atoms. The Balaban J connectivity index is 1.58. The molecule has 116 valence electrons. The summed E-state index contributed by atoms with van der Waals surface area (Å²) in [5.74, 6) is 0.321. The Morgan fingerprint density at radius 2 is 1.96 bits per heavy atom. The summed E-state index contributed by atoms with van der Waals surface area (Å²) < 4.78 is 11.1. The van der Waals surface area contributed by atoms with E-state index in [1.807, 2.05) is 24.3 Å². The van der Waals surface area contributed by atoms with Crippen LogP contribution < -0.4 is 0 Å². The summed E-state index contributed by atoms with van der Waals surface area (Å²) >= 11 is 3.40. The summed E-state index contributed by atoms with van der Waals surface area (Å²) in [6, 6.07) is 11.0. The standard InChI is InChI=1S/C16H12BrN3O3/c17-13-4-2-1-3-12(13)9-15(21)22-10-14-19-16(20-23-14)11-5-7-18-8-6-11/h1-8H,9-10H2. The molecule has 2 heterocycles. The first-order valence-electron chi connectivity index (χ1n) is 6.84. The molecule has 2 aromatic heterocycles. The number of nitrogens with zero attached hydrogens (tertiary/aromatic N) is 3. The van der Waals surface area contributed by atoms with E-state index in [1.165, 1.54) is 0 Å². The molecule has 0 saturated carbocycles. The Morgan fingerprint density at radius 1 is 1.17 bits per heavy atom. The molecule has 7 heteroatoms. The Bertz CT molecular complexity index is 805. The highest BCUT2D eigenvalue weighted by Crippen LogP contribution is 2.17. The van der Waals surface area contributed by atoms with Crippen molar-refractivity contribution in [3.63, 3.8) is 0 Å². The maximum absolute atomic E-state index is 11.9. The Labute approximate surface area is 140 Å². The van der Waals surface area contributed by atoms with E-state index in [9.17, 15) is 4.79 Å². The van der Waals surface area contributed by atoms with Gasteiger partial charge < -0.3 is 9.26 Å². The maximum atomic E-state index is 11.9. The summed E-state index contributed by atoms with van der Waals surface area (Å²) in [5, 5.41) is 3.85. The Kier molecular flexibility index (Phi) is 4.77. The molecule has 1 aromatic carbocycles. The highest BCUT2D eigenvalue weighted by Gasteiger charge is 2.12. The summed E-state index contributed by atoms with van der Waals surface area (Å²) in [6.45, 7) is -0.0542. The molecule has 0 aliphatic heterocycles. The number of pyridine rings is 1. The zero-order chi connectivity index (χ0) is 16.1. The minimum absolute atomic E-state index is 0.0542. The molecule has 0 saturated heterocycles. The van der Waals surface area contributed by atoms with Crippen molar-refractivity contribution in [2.45, 2.75) is 13.0 Å². The van der Waals surface area contributed by atoms with Gasteiger partial charge in [-0.25, -0.2) is 0 Å². The molecular formula is C16H12BrN3O3. The summed E-state index contributed by atoms with van der Waals surface area (Å²) in [7, 11) is 0. The number of hydrogen-bond acceptors (Lipinski definition) is 6. The van der Waals surface area contributed by atoms with Crippen LogP contribution in [-0.4, -0.2) is 21.1 Å². The predicted octanol–water partition coefficient (Wildman–Crippen LogP) is 3.18. The van der Waals surface area contributed by atoms with Crippen molar-refractivity contribution in [3.05, 3.63) is 64.7 Å². The monoisotopic (exact) mass is 373 g/mol. The number of esters is 1. The van der Waals surface area contributed by atoms with E-state index in [-0.39, 0.29) is 24.9 Å². The average molecular weight is 374 g/mol. The van der Waals surface area contributed by atoms with Crippen molar-refractivity contribution < 1.29 is 14.1 Å². The van der Waals surface area contributed by atoms with E-state index >= 15 is 0 Å². The lowest BCUT2D eigenvalue weighted by Gasteiger charge is -2.04. The fraction of sp³-hybridized carbons (Fsp3) is 0.125. The van der Waals surface area contributed by atoms with Gasteiger partial charge in [0, 0.05) is 22.4 Å². The molecule has 23 heavy (non-hydrogen) atoms. The van der Waals surface area contributed by atoms with E-state index in [2.05, 4.69) is 31.1 Å². The van der Waals surface area contributed by atoms with Crippen LogP contribution in [0.4, 0.5) is 0 Å². The quantitative estimate of drug-likeness (QED) is 0.639. The third kappa shape index (κ3) is 4.01. The molecule has 0 amide bonds. The topological polar surface area (TPSA) is 78.1 Å². The highest BCUT2D eigenvalue weighted by atomic mass is 79.9. The molecular weight excluding hydrogens is 362 g/mol. The highest BCUT2D eigenvalue weighted by molar-refractivity contribution is 9.10. The fourth-order valence-electron chi connectivity index (χ4n) is 1.92. The largest absolute Gasteiger partial charge is 0.455 e. The number of rotatable bonds is 5. The van der Waals surface area contributed by atoms with Gasteiger partial charge in [-0.2, -0.15) is 4.98 Å². The van der Waals surface area contributed by atoms with Crippen molar-refractivity contribution in [1.29, 1.82) is 0 Å². The van der Waals surface area contributed by atoms with Crippen molar-refractivity contribution >= 4 is 21.9 Å². The third-order valence-corrected chi connectivity index (χ3v) is 3.83. The SMILES string of the molecule is O=C(Cc1ccccc1Br)OCc1nc(-c2ccncc2)no1. The van der Waals surface area contributed by atoms with Gasteiger partial charge in [0.25, 0.3) is 5.89 Å². The van der Waals surface area contributed by atoms with E-state index in [0.717, 1.165) is 15.6 Å². The van der Waals surface area contributed by atoms with Gasteiger partial charge in [-0.15, -0.1) is 0 Å². The first kappa shape index (κ1) is 15.4. The van der Waals surface area contributed by atoms with Crippen molar-refractivity contribution in [1.82, 2.24) is 15.1 Å². The van der Waals surface area contributed by atoms with Crippen LogP contribution in [0.15, 0.2) is 57.8 Å². The van der Waals surface area contributed by atoms with E-state index in [4.69, 9.17) is 9.26 Å². The van der Waals surface area contributed by atoms with Crippen molar-refractivity contribution in [2.75, 3.05) is 0 Å². The van der Waals surface area contributed by atoms with Gasteiger partial charge in [0.05, 0.1) is 6.42 Å². The number of benzene rings is 1. The van der Waals surface area contributed by atoms with E-state index < -0.39 is 0 Å². The van der Waals surface area contributed by atoms with E-state index in [0.29, 0.717) is 5.82 Å². The zero-order valence-electron chi connectivity index (χ0n) is 12.0. The number of carbonyl (C=O) groups excluding carboxylic acids is 1. The van der Waals surface area contributed by atoms with Crippen LogP contribution in [0.2, 0.25) is 0 Å². The van der Waals surface area contributed by atoms with Gasteiger partial charge >= 0.3 is 5.97 Å². The number of ether oxygens (including phenoxy) is 1. The Morgan fingerprint density at radius 3 is 2.74 bits per heavy atom. The molecule has 0 spiro atoms. The minimum atomic E-state index is -0.361. The lowest BCUT2D eigenvalue weighted by Crippen LogP contribution is -2.08. The second-order valence-electron chi connectivity index (χ2n) is 4.68. The van der Waals surface area contributed by atoms with Gasteiger partial charge in [0.15, 0.2) is 6.61 Å². The maximum Gasteiger partial charge on any atom is 0.310 e. The van der Waals surface area contributed by atoms with Gasteiger partial charge in [0.1, 0.15) is 0 Å². The summed E-state index contributed by atoms with van der Waals surface area (Å²) in [4.78, 5) is 20.0. The molecule has 0 unspecified atom stereocenters. The molecule has 3 aromatic rings. The zero-order valence-corrected chi connectivity index (χ0v) is 13.6. The van der Waals surface area contributed by atoms with Crippen LogP contribution in [0.25, 0.3) is 11.4 Å². The second kappa shape index (κ2) is 7.15. The van der Waals surface area contributed by atoms with Crippen LogP contribution in [0.3, 0.4) is 0 Å². The first-order chi connectivity index (χ1) is 11.2. The first-order valence-corrected chi connectivity index (χ1v) is 7.63. The summed E-state index contributed by atoms with van der Waals surface area (Å²) in [5.41, 5.74) is 1.65. The number of aromatic nitrogens is 3. The van der Waals surface area contributed by atoms with Crippen LogP contribution in [0.5, 0.6) is 0 Å². The smallest absolute Gasteiger partial charge is 0.310 e. The van der Waals surface area contributed by atoms with Crippen LogP contribution in [0.1, 0.15) is 11.5 Å². The lowest BCUT2D eigenvalue weighted by atomic mass is 10.2. The average Bonchev–Trinajstić information content (AvgIpc) is 3.05. The van der Waals surface area contributed by atoms with Crippen molar-refractivity contribution in [3.8, 4) is 11.4 Å². The molecule has 6 nitrogen and oxygen atoms in total. The molecule has 0 N–H and O–H groups in total. The normalized spacial score (nSPS) is 10.5. The third-order valence-electron chi connectivity index (χ3n) is 3.06.